The number of anilines is 1. The Bertz CT molecular complexity index is 577. The second-order valence-electron chi connectivity index (χ2n) is 3.80. The third kappa shape index (κ3) is 3.59. The molecule has 0 amide bonds. The number of nitrogens with one attached hydrogen (secondary N) is 2. The number of benzene rings is 1. The van der Waals surface area contributed by atoms with E-state index in [1.165, 1.54) is 0 Å². The summed E-state index contributed by atoms with van der Waals surface area (Å²) < 4.78 is 1.74. The zero-order chi connectivity index (χ0) is 13.8. The largest absolute Gasteiger partial charge is 0.365 e. The summed E-state index contributed by atoms with van der Waals surface area (Å²) in [6, 6.07) is 7.26. The highest BCUT2D eigenvalue weighted by Crippen LogP contribution is 2.25. The Balaban J connectivity index is 2.14. The van der Waals surface area contributed by atoms with Crippen LogP contribution in [0.2, 0.25) is 10.0 Å². The van der Waals surface area contributed by atoms with Crippen LogP contribution in [0.1, 0.15) is 5.56 Å². The predicted octanol–water partition coefficient (Wildman–Crippen LogP) is 3.15. The molecule has 0 bridgehead atoms. The molecule has 0 saturated heterocycles. The molecule has 7 heteroatoms. The first-order chi connectivity index (χ1) is 9.10. The SMILES string of the molecule is CNC(=S)Nc1ccn(Cc2c(Cl)cccc2Cl)n1. The standard InChI is InChI=1S/C12H12Cl2N4S/c1-15-12(19)16-11-5-6-18(17-11)7-8-9(13)3-2-4-10(8)14/h2-6H,7H2,1H3,(H2,15,16,17,19). The average molecular weight is 315 g/mol. The number of rotatable bonds is 3. The first-order valence-corrected chi connectivity index (χ1v) is 6.71. The van der Waals surface area contributed by atoms with Crippen LogP contribution in [0.5, 0.6) is 0 Å². The van der Waals surface area contributed by atoms with E-state index in [1.807, 2.05) is 30.5 Å². The Hall–Kier alpha value is -1.30. The van der Waals surface area contributed by atoms with Gasteiger partial charge < -0.3 is 10.6 Å². The molecule has 2 rings (SSSR count). The van der Waals surface area contributed by atoms with E-state index in [2.05, 4.69) is 15.7 Å². The molecule has 0 unspecified atom stereocenters. The molecule has 0 saturated carbocycles. The van der Waals surface area contributed by atoms with Gasteiger partial charge in [0.1, 0.15) is 0 Å². The van der Waals surface area contributed by atoms with Gasteiger partial charge in [0.15, 0.2) is 10.9 Å². The maximum Gasteiger partial charge on any atom is 0.171 e. The van der Waals surface area contributed by atoms with Crippen molar-refractivity contribution in [2.75, 3.05) is 12.4 Å². The van der Waals surface area contributed by atoms with E-state index in [-0.39, 0.29) is 0 Å². The van der Waals surface area contributed by atoms with Crippen LogP contribution in [0.4, 0.5) is 5.82 Å². The minimum atomic E-state index is 0.506. The predicted molar refractivity (Wildman–Crippen MR) is 83.1 cm³/mol. The molecular formula is C12H12Cl2N4S. The maximum atomic E-state index is 6.12. The highest BCUT2D eigenvalue weighted by molar-refractivity contribution is 7.80. The van der Waals surface area contributed by atoms with Gasteiger partial charge in [-0.3, -0.25) is 4.68 Å². The van der Waals surface area contributed by atoms with Crippen LogP contribution in [0.25, 0.3) is 0 Å². The summed E-state index contributed by atoms with van der Waals surface area (Å²) in [5.41, 5.74) is 0.844. The van der Waals surface area contributed by atoms with E-state index in [0.29, 0.717) is 27.5 Å². The first-order valence-electron chi connectivity index (χ1n) is 5.55. The maximum absolute atomic E-state index is 6.12. The van der Waals surface area contributed by atoms with Gasteiger partial charge in [0.25, 0.3) is 0 Å². The van der Waals surface area contributed by atoms with Crippen LogP contribution in [-0.2, 0) is 6.54 Å². The second kappa shape index (κ2) is 6.23. The van der Waals surface area contributed by atoms with Gasteiger partial charge in [0.05, 0.1) is 6.54 Å². The van der Waals surface area contributed by atoms with Crippen LogP contribution in [-0.4, -0.2) is 21.9 Å². The van der Waals surface area contributed by atoms with Crippen molar-refractivity contribution in [3.63, 3.8) is 0 Å². The average Bonchev–Trinajstić information content (AvgIpc) is 2.81. The normalized spacial score (nSPS) is 10.3. The lowest BCUT2D eigenvalue weighted by atomic mass is 10.2. The van der Waals surface area contributed by atoms with Gasteiger partial charge in [0, 0.05) is 34.9 Å². The number of halogens is 2. The van der Waals surface area contributed by atoms with Gasteiger partial charge in [-0.25, -0.2) is 0 Å². The van der Waals surface area contributed by atoms with Crippen molar-refractivity contribution in [3.8, 4) is 0 Å². The minimum absolute atomic E-state index is 0.506. The Morgan fingerprint density at radius 1 is 1.32 bits per heavy atom. The van der Waals surface area contributed by atoms with E-state index in [1.54, 1.807) is 11.7 Å². The van der Waals surface area contributed by atoms with E-state index in [4.69, 9.17) is 35.4 Å². The fourth-order valence-corrected chi connectivity index (χ4v) is 2.16. The topological polar surface area (TPSA) is 41.9 Å². The molecule has 4 nitrogen and oxygen atoms in total. The molecule has 2 aromatic rings. The molecule has 100 valence electrons. The third-order valence-corrected chi connectivity index (χ3v) is 3.51. The van der Waals surface area contributed by atoms with Crippen molar-refractivity contribution >= 4 is 46.4 Å². The molecule has 1 aromatic heterocycles. The van der Waals surface area contributed by atoms with Crippen molar-refractivity contribution in [1.82, 2.24) is 15.1 Å². The first kappa shape index (κ1) is 14.1. The zero-order valence-corrected chi connectivity index (χ0v) is 12.5. The van der Waals surface area contributed by atoms with Gasteiger partial charge in [-0.2, -0.15) is 5.10 Å². The van der Waals surface area contributed by atoms with Gasteiger partial charge >= 0.3 is 0 Å². The highest BCUT2D eigenvalue weighted by Gasteiger charge is 2.07. The summed E-state index contributed by atoms with van der Waals surface area (Å²) in [5.74, 6) is 0.669. The number of thiocarbonyl (C=S) groups is 1. The quantitative estimate of drug-likeness (QED) is 0.854. The van der Waals surface area contributed by atoms with Crippen LogP contribution < -0.4 is 10.6 Å². The summed E-state index contributed by atoms with van der Waals surface area (Å²) in [6.07, 6.45) is 1.83. The molecule has 1 heterocycles. The van der Waals surface area contributed by atoms with Crippen LogP contribution in [0.15, 0.2) is 30.5 Å². The van der Waals surface area contributed by atoms with E-state index < -0.39 is 0 Å². The van der Waals surface area contributed by atoms with Crippen LogP contribution in [0.3, 0.4) is 0 Å². The van der Waals surface area contributed by atoms with Gasteiger partial charge in [-0.1, -0.05) is 29.3 Å². The molecule has 0 spiro atoms. The number of hydrogen-bond donors (Lipinski definition) is 2. The van der Waals surface area contributed by atoms with Crippen LogP contribution >= 0.6 is 35.4 Å². The third-order valence-electron chi connectivity index (χ3n) is 2.49. The zero-order valence-electron chi connectivity index (χ0n) is 10.2. The van der Waals surface area contributed by atoms with Gasteiger partial charge in [-0.15, -0.1) is 0 Å². The van der Waals surface area contributed by atoms with E-state index in [0.717, 1.165) is 5.56 Å². The number of aromatic nitrogens is 2. The second-order valence-corrected chi connectivity index (χ2v) is 5.03. The van der Waals surface area contributed by atoms with Crippen molar-refractivity contribution in [1.29, 1.82) is 0 Å². The molecule has 0 radical (unpaired) electrons. The summed E-state index contributed by atoms with van der Waals surface area (Å²) in [4.78, 5) is 0. The van der Waals surface area contributed by atoms with Gasteiger partial charge in [0.2, 0.25) is 0 Å². The molecule has 19 heavy (non-hydrogen) atoms. The van der Waals surface area contributed by atoms with Crippen molar-refractivity contribution in [2.24, 2.45) is 0 Å². The number of hydrogen-bond acceptors (Lipinski definition) is 2. The molecule has 1 aromatic carbocycles. The Morgan fingerprint density at radius 3 is 2.63 bits per heavy atom. The Kier molecular flexibility index (Phi) is 4.63. The fourth-order valence-electron chi connectivity index (χ4n) is 1.54. The Labute approximate surface area is 126 Å². The molecule has 0 aliphatic carbocycles. The lowest BCUT2D eigenvalue weighted by molar-refractivity contribution is 0.690. The van der Waals surface area contributed by atoms with Crippen LogP contribution in [0, 0.1) is 0 Å². The molecule has 0 aliphatic heterocycles. The van der Waals surface area contributed by atoms with E-state index in [9.17, 15) is 0 Å². The molecule has 0 aliphatic rings. The number of nitrogens with zero attached hydrogens (tertiary/aromatic N) is 2. The van der Waals surface area contributed by atoms with Crippen molar-refractivity contribution < 1.29 is 0 Å². The summed E-state index contributed by atoms with van der Waals surface area (Å²) in [5, 5.41) is 11.9. The fraction of sp³-hybridized carbons (Fsp3) is 0.167. The smallest absolute Gasteiger partial charge is 0.171 e. The summed E-state index contributed by atoms with van der Waals surface area (Å²) in [7, 11) is 1.75. The molecule has 0 atom stereocenters. The monoisotopic (exact) mass is 314 g/mol. The molecule has 0 fully saturated rings. The summed E-state index contributed by atoms with van der Waals surface area (Å²) >= 11 is 17.2. The van der Waals surface area contributed by atoms with Gasteiger partial charge in [-0.05, 0) is 24.4 Å². The highest BCUT2D eigenvalue weighted by atomic mass is 35.5. The molecule has 2 N–H and O–H groups in total. The lowest BCUT2D eigenvalue weighted by Gasteiger charge is -2.07. The van der Waals surface area contributed by atoms with Crippen molar-refractivity contribution in [3.05, 3.63) is 46.1 Å². The van der Waals surface area contributed by atoms with E-state index >= 15 is 0 Å². The molecular weight excluding hydrogens is 303 g/mol. The summed E-state index contributed by atoms with van der Waals surface area (Å²) in [6.45, 7) is 0.506. The van der Waals surface area contributed by atoms with Crippen molar-refractivity contribution in [2.45, 2.75) is 6.54 Å². The minimum Gasteiger partial charge on any atom is -0.365 e. The Morgan fingerprint density at radius 2 is 2.00 bits per heavy atom. The lowest BCUT2D eigenvalue weighted by Crippen LogP contribution is -2.24.